The largest absolute Gasteiger partial charge is 0.480 e. The number of carbonyl (C=O) groups is 2. The van der Waals surface area contributed by atoms with E-state index in [0.29, 0.717) is 0 Å². The number of carboxylic acids is 1. The van der Waals surface area contributed by atoms with E-state index < -0.39 is 27.1 Å². The predicted octanol–water partition coefficient (Wildman–Crippen LogP) is 0.571. The smallest absolute Gasteiger partial charge is 0.318 e. The van der Waals surface area contributed by atoms with Gasteiger partial charge < -0.3 is 10.4 Å². The van der Waals surface area contributed by atoms with Crippen LogP contribution in [0.3, 0.4) is 0 Å². The zero-order valence-corrected chi connectivity index (χ0v) is 12.1. The lowest BCUT2D eigenvalue weighted by Gasteiger charge is -2.23. The Labute approximate surface area is 113 Å². The molecule has 1 unspecified atom stereocenters. The molecule has 0 bridgehead atoms. The first-order chi connectivity index (χ1) is 8.71. The molecule has 1 saturated carbocycles. The van der Waals surface area contributed by atoms with E-state index in [-0.39, 0.29) is 30.4 Å². The van der Waals surface area contributed by atoms with Gasteiger partial charge in [0.1, 0.15) is 15.3 Å². The second kappa shape index (κ2) is 5.90. The third-order valence-electron chi connectivity index (χ3n) is 3.46. The summed E-state index contributed by atoms with van der Waals surface area (Å²) in [5.41, 5.74) is -1.55. The molecule has 0 aromatic rings. The molecule has 0 aromatic carbocycles. The topological polar surface area (TPSA) is 101 Å². The van der Waals surface area contributed by atoms with Crippen LogP contribution in [-0.4, -0.2) is 42.9 Å². The summed E-state index contributed by atoms with van der Waals surface area (Å²) in [5, 5.41) is 11.9. The molecule has 19 heavy (non-hydrogen) atoms. The van der Waals surface area contributed by atoms with Gasteiger partial charge in [-0.2, -0.15) is 0 Å². The summed E-state index contributed by atoms with van der Waals surface area (Å²) in [7, 11) is -3.13. The van der Waals surface area contributed by atoms with Gasteiger partial charge in [-0.1, -0.05) is 6.92 Å². The number of rotatable bonds is 8. The maximum absolute atomic E-state index is 11.9. The van der Waals surface area contributed by atoms with E-state index in [0.717, 1.165) is 12.8 Å². The predicted molar refractivity (Wildman–Crippen MR) is 70.5 cm³/mol. The summed E-state index contributed by atoms with van der Waals surface area (Å²) in [5.74, 6) is -1.77. The summed E-state index contributed by atoms with van der Waals surface area (Å²) < 4.78 is 22.7. The monoisotopic (exact) mass is 291 g/mol. The van der Waals surface area contributed by atoms with Gasteiger partial charge in [-0.3, -0.25) is 9.59 Å². The molecule has 1 rings (SSSR count). The van der Waals surface area contributed by atoms with Gasteiger partial charge in [-0.05, 0) is 32.6 Å². The Bertz CT molecular complexity index is 455. The Balaban J connectivity index is 2.60. The molecule has 6 nitrogen and oxygen atoms in total. The molecule has 110 valence electrons. The van der Waals surface area contributed by atoms with Crippen molar-refractivity contribution in [1.29, 1.82) is 0 Å². The molecule has 0 spiro atoms. The quantitative estimate of drug-likeness (QED) is 0.637. The molecule has 0 aromatic heterocycles. The van der Waals surface area contributed by atoms with E-state index in [9.17, 15) is 23.1 Å². The van der Waals surface area contributed by atoms with Crippen LogP contribution < -0.4 is 5.32 Å². The number of carbonyl (C=O) groups excluding carboxylic acids is 1. The minimum absolute atomic E-state index is 0.0279. The highest BCUT2D eigenvalue weighted by Gasteiger charge is 2.42. The van der Waals surface area contributed by atoms with Crippen LogP contribution in [-0.2, 0) is 19.4 Å². The Hall–Kier alpha value is -1.11. The van der Waals surface area contributed by atoms with Gasteiger partial charge in [0, 0.05) is 11.8 Å². The van der Waals surface area contributed by atoms with Gasteiger partial charge in [-0.25, -0.2) is 8.42 Å². The Morgan fingerprint density at radius 3 is 2.37 bits per heavy atom. The molecule has 0 aliphatic heterocycles. The molecular weight excluding hydrogens is 270 g/mol. The molecule has 1 fully saturated rings. The van der Waals surface area contributed by atoms with Crippen LogP contribution in [0.25, 0.3) is 0 Å². The van der Waals surface area contributed by atoms with Crippen LogP contribution in [0.2, 0.25) is 0 Å². The lowest BCUT2D eigenvalue weighted by Crippen LogP contribution is -2.45. The molecule has 0 saturated heterocycles. The lowest BCUT2D eigenvalue weighted by atomic mass is 9.84. The fraction of sp³-hybridized carbons (Fsp3) is 0.833. The van der Waals surface area contributed by atoms with E-state index in [1.165, 1.54) is 6.92 Å². The van der Waals surface area contributed by atoms with E-state index in [2.05, 4.69) is 5.32 Å². The van der Waals surface area contributed by atoms with Gasteiger partial charge in [0.25, 0.3) is 0 Å². The number of amides is 1. The summed E-state index contributed by atoms with van der Waals surface area (Å²) in [6.07, 6.45) is 1.97. The zero-order chi connectivity index (χ0) is 14.7. The molecular formula is C12H21NO5S. The number of aliphatic carboxylic acids is 1. The molecule has 1 amide bonds. The second-order valence-corrected chi connectivity index (χ2v) is 7.70. The fourth-order valence-electron chi connectivity index (χ4n) is 1.68. The second-order valence-electron chi connectivity index (χ2n) is 5.22. The fourth-order valence-corrected chi connectivity index (χ4v) is 2.55. The molecule has 1 aliphatic carbocycles. The maximum atomic E-state index is 11.9. The number of hydrogen-bond acceptors (Lipinski definition) is 4. The van der Waals surface area contributed by atoms with E-state index >= 15 is 0 Å². The van der Waals surface area contributed by atoms with Crippen molar-refractivity contribution >= 4 is 21.7 Å². The first kappa shape index (κ1) is 15.9. The van der Waals surface area contributed by atoms with Crippen molar-refractivity contribution in [3.05, 3.63) is 0 Å². The average Bonchev–Trinajstić information content (AvgIpc) is 3.12. The highest BCUT2D eigenvalue weighted by molar-refractivity contribution is 7.91. The van der Waals surface area contributed by atoms with Gasteiger partial charge in [0.15, 0.2) is 0 Å². The highest BCUT2D eigenvalue weighted by atomic mass is 32.2. The summed E-state index contributed by atoms with van der Waals surface area (Å²) in [4.78, 5) is 23.2. The molecule has 0 radical (unpaired) electrons. The minimum atomic E-state index is -3.13. The van der Waals surface area contributed by atoms with Crippen molar-refractivity contribution in [3.63, 3.8) is 0 Å². The Morgan fingerprint density at radius 1 is 1.37 bits per heavy atom. The Kier molecular flexibility index (Phi) is 4.95. The summed E-state index contributed by atoms with van der Waals surface area (Å²) >= 11 is 0. The van der Waals surface area contributed by atoms with Gasteiger partial charge in [-0.15, -0.1) is 0 Å². The lowest BCUT2D eigenvalue weighted by molar-refractivity contribution is -0.155. The van der Waals surface area contributed by atoms with Crippen molar-refractivity contribution in [3.8, 4) is 0 Å². The van der Waals surface area contributed by atoms with Crippen LogP contribution in [0.5, 0.6) is 0 Å². The average molecular weight is 291 g/mol. The number of nitrogens with one attached hydrogen (secondary N) is 1. The highest BCUT2D eigenvalue weighted by Crippen LogP contribution is 2.27. The minimum Gasteiger partial charge on any atom is -0.480 e. The van der Waals surface area contributed by atoms with E-state index in [4.69, 9.17) is 0 Å². The molecule has 2 N–H and O–H groups in total. The van der Waals surface area contributed by atoms with Crippen LogP contribution in [0.4, 0.5) is 0 Å². The van der Waals surface area contributed by atoms with Crippen LogP contribution in [0, 0.1) is 5.41 Å². The standard InChI is InChI=1S/C12H21NO5S/c1-3-19(17,18)8-4-7-12(2,11(15)16)10(14)13-9-5-6-9/h9H,3-8H2,1-2H3,(H,13,14)(H,15,16). The first-order valence-corrected chi connectivity index (χ1v) is 8.28. The number of carboxylic acid groups (broad SMARTS) is 1. The first-order valence-electron chi connectivity index (χ1n) is 6.46. The van der Waals surface area contributed by atoms with Crippen molar-refractivity contribution in [1.82, 2.24) is 5.32 Å². The zero-order valence-electron chi connectivity index (χ0n) is 11.3. The molecule has 1 atom stereocenters. The molecule has 7 heteroatoms. The van der Waals surface area contributed by atoms with Gasteiger partial charge >= 0.3 is 5.97 Å². The van der Waals surface area contributed by atoms with Crippen LogP contribution in [0.15, 0.2) is 0 Å². The van der Waals surface area contributed by atoms with Crippen molar-refractivity contribution in [2.45, 2.75) is 45.6 Å². The maximum Gasteiger partial charge on any atom is 0.318 e. The summed E-state index contributed by atoms with van der Waals surface area (Å²) in [6.45, 7) is 2.90. The Morgan fingerprint density at radius 2 is 1.95 bits per heavy atom. The van der Waals surface area contributed by atoms with Gasteiger partial charge in [0.05, 0.1) is 5.75 Å². The van der Waals surface area contributed by atoms with Crippen molar-refractivity contribution in [2.75, 3.05) is 11.5 Å². The summed E-state index contributed by atoms with van der Waals surface area (Å²) in [6, 6.07) is 0.0885. The van der Waals surface area contributed by atoms with E-state index in [1.807, 2.05) is 0 Å². The normalized spacial score (nSPS) is 18.6. The molecule has 1 aliphatic rings. The van der Waals surface area contributed by atoms with Crippen molar-refractivity contribution < 1.29 is 23.1 Å². The number of sulfone groups is 1. The SMILES string of the molecule is CCS(=O)(=O)CCCC(C)(C(=O)O)C(=O)NC1CC1. The number of hydrogen-bond donors (Lipinski definition) is 2. The van der Waals surface area contributed by atoms with Crippen LogP contribution in [0.1, 0.15) is 39.5 Å². The molecule has 0 heterocycles. The van der Waals surface area contributed by atoms with Crippen LogP contribution >= 0.6 is 0 Å². The third kappa shape index (κ3) is 4.49. The van der Waals surface area contributed by atoms with Gasteiger partial charge in [0.2, 0.25) is 5.91 Å². The third-order valence-corrected chi connectivity index (χ3v) is 5.25. The van der Waals surface area contributed by atoms with Crippen molar-refractivity contribution in [2.24, 2.45) is 5.41 Å². The van der Waals surface area contributed by atoms with E-state index in [1.54, 1.807) is 6.92 Å².